The molecule has 0 saturated carbocycles. The summed E-state index contributed by atoms with van der Waals surface area (Å²) in [4.78, 5) is 0. The molecule has 0 saturated heterocycles. The van der Waals surface area contributed by atoms with Crippen molar-refractivity contribution >= 4 is 11.6 Å². The van der Waals surface area contributed by atoms with Crippen LogP contribution in [-0.2, 0) is 0 Å². The summed E-state index contributed by atoms with van der Waals surface area (Å²) in [6.45, 7) is 7.64. The first-order chi connectivity index (χ1) is 6.16. The molecule has 1 N–H and O–H groups in total. The zero-order valence-corrected chi connectivity index (χ0v) is 10.0. The van der Waals surface area contributed by atoms with E-state index in [4.69, 9.17) is 11.6 Å². The highest BCUT2D eigenvalue weighted by atomic mass is 35.5. The molecule has 0 aliphatic heterocycles. The first-order valence-electron chi connectivity index (χ1n) is 5.54. The van der Waals surface area contributed by atoms with E-state index in [1.54, 1.807) is 0 Å². The first-order valence-corrected chi connectivity index (χ1v) is 5.98. The van der Waals surface area contributed by atoms with Gasteiger partial charge in [-0.25, -0.2) is 0 Å². The van der Waals surface area contributed by atoms with Crippen molar-refractivity contribution in [2.24, 2.45) is 0 Å². The van der Waals surface area contributed by atoms with Gasteiger partial charge >= 0.3 is 0 Å². The van der Waals surface area contributed by atoms with Gasteiger partial charge in [-0.3, -0.25) is 0 Å². The second-order valence-electron chi connectivity index (χ2n) is 3.93. The van der Waals surface area contributed by atoms with Crippen molar-refractivity contribution < 1.29 is 0 Å². The van der Waals surface area contributed by atoms with E-state index < -0.39 is 0 Å². The lowest BCUT2D eigenvalue weighted by molar-refractivity contribution is 0.493. The Morgan fingerprint density at radius 1 is 1.15 bits per heavy atom. The SMILES string of the molecule is CCCCCCNC(C)CC(C)Cl. The quantitative estimate of drug-likeness (QED) is 0.472. The third kappa shape index (κ3) is 10.2. The maximum Gasteiger partial charge on any atom is 0.0322 e. The zero-order valence-electron chi connectivity index (χ0n) is 9.28. The number of rotatable bonds is 8. The normalized spacial score (nSPS) is 15.7. The maximum absolute atomic E-state index is 5.90. The Morgan fingerprint density at radius 3 is 2.38 bits per heavy atom. The lowest BCUT2D eigenvalue weighted by atomic mass is 10.1. The fraction of sp³-hybridized carbons (Fsp3) is 1.00. The van der Waals surface area contributed by atoms with Crippen LogP contribution in [0.1, 0.15) is 52.9 Å². The van der Waals surface area contributed by atoms with Crippen LogP contribution in [0.25, 0.3) is 0 Å². The predicted molar refractivity (Wildman–Crippen MR) is 61.5 cm³/mol. The van der Waals surface area contributed by atoms with Crippen molar-refractivity contribution in [1.29, 1.82) is 0 Å². The second-order valence-corrected chi connectivity index (χ2v) is 4.68. The Labute approximate surface area is 88.2 Å². The van der Waals surface area contributed by atoms with Gasteiger partial charge in [0.2, 0.25) is 0 Å². The molecule has 0 aliphatic carbocycles. The molecule has 0 bridgehead atoms. The Hall–Kier alpha value is 0.250. The highest BCUT2D eigenvalue weighted by molar-refractivity contribution is 6.20. The van der Waals surface area contributed by atoms with Crippen LogP contribution in [0.3, 0.4) is 0 Å². The summed E-state index contributed by atoms with van der Waals surface area (Å²) in [5.41, 5.74) is 0. The number of hydrogen-bond donors (Lipinski definition) is 1. The molecular formula is C11H24ClN. The van der Waals surface area contributed by atoms with Crippen LogP contribution in [0.4, 0.5) is 0 Å². The Kier molecular flexibility index (Phi) is 9.00. The third-order valence-corrected chi connectivity index (χ3v) is 2.38. The van der Waals surface area contributed by atoms with Crippen molar-refractivity contribution in [3.63, 3.8) is 0 Å². The van der Waals surface area contributed by atoms with Gasteiger partial charge in [-0.05, 0) is 33.2 Å². The molecule has 0 amide bonds. The molecule has 1 nitrogen and oxygen atoms in total. The van der Waals surface area contributed by atoms with E-state index in [-0.39, 0.29) is 5.38 Å². The number of nitrogens with one attached hydrogen (secondary N) is 1. The van der Waals surface area contributed by atoms with Crippen LogP contribution < -0.4 is 5.32 Å². The summed E-state index contributed by atoms with van der Waals surface area (Å²) < 4.78 is 0. The minimum atomic E-state index is 0.290. The van der Waals surface area contributed by atoms with Gasteiger partial charge in [0.1, 0.15) is 0 Å². The monoisotopic (exact) mass is 205 g/mol. The van der Waals surface area contributed by atoms with Crippen LogP contribution >= 0.6 is 11.6 Å². The van der Waals surface area contributed by atoms with E-state index in [0.29, 0.717) is 6.04 Å². The van der Waals surface area contributed by atoms with E-state index in [0.717, 1.165) is 13.0 Å². The lowest BCUT2D eigenvalue weighted by Crippen LogP contribution is -2.28. The molecule has 0 aromatic rings. The molecule has 80 valence electrons. The highest BCUT2D eigenvalue weighted by Crippen LogP contribution is 2.04. The van der Waals surface area contributed by atoms with Gasteiger partial charge in [0, 0.05) is 11.4 Å². The standard InChI is InChI=1S/C11H24ClN/c1-4-5-6-7-8-13-11(3)9-10(2)12/h10-11,13H,4-9H2,1-3H3. The van der Waals surface area contributed by atoms with Crippen LogP contribution in [-0.4, -0.2) is 18.0 Å². The fourth-order valence-electron chi connectivity index (χ4n) is 1.47. The van der Waals surface area contributed by atoms with E-state index >= 15 is 0 Å². The molecule has 0 aliphatic rings. The van der Waals surface area contributed by atoms with Gasteiger partial charge in [-0.1, -0.05) is 26.2 Å². The van der Waals surface area contributed by atoms with Crippen molar-refractivity contribution in [3.8, 4) is 0 Å². The third-order valence-electron chi connectivity index (χ3n) is 2.20. The predicted octanol–water partition coefficient (Wildman–Crippen LogP) is 3.56. The van der Waals surface area contributed by atoms with E-state index in [1.165, 1.54) is 25.7 Å². The Morgan fingerprint density at radius 2 is 1.85 bits per heavy atom. The average Bonchev–Trinajstić information content (AvgIpc) is 2.02. The van der Waals surface area contributed by atoms with Crippen LogP contribution in [0.5, 0.6) is 0 Å². The van der Waals surface area contributed by atoms with E-state index in [9.17, 15) is 0 Å². The van der Waals surface area contributed by atoms with Crippen LogP contribution in [0.15, 0.2) is 0 Å². The molecule has 0 fully saturated rings. The number of hydrogen-bond acceptors (Lipinski definition) is 1. The lowest BCUT2D eigenvalue weighted by Gasteiger charge is -2.14. The topological polar surface area (TPSA) is 12.0 Å². The van der Waals surface area contributed by atoms with Crippen LogP contribution in [0.2, 0.25) is 0 Å². The molecule has 2 heteroatoms. The molecule has 0 aromatic heterocycles. The molecular weight excluding hydrogens is 182 g/mol. The summed E-state index contributed by atoms with van der Waals surface area (Å²) >= 11 is 5.90. The minimum absolute atomic E-state index is 0.290. The van der Waals surface area contributed by atoms with Crippen LogP contribution in [0, 0.1) is 0 Å². The Balaban J connectivity index is 3.12. The van der Waals surface area contributed by atoms with Gasteiger partial charge in [0.05, 0.1) is 0 Å². The van der Waals surface area contributed by atoms with Gasteiger partial charge in [0.25, 0.3) is 0 Å². The summed E-state index contributed by atoms with van der Waals surface area (Å²) in [5, 5.41) is 3.78. The molecule has 0 spiro atoms. The smallest absolute Gasteiger partial charge is 0.0322 e. The van der Waals surface area contributed by atoms with Crippen molar-refractivity contribution in [3.05, 3.63) is 0 Å². The molecule has 0 radical (unpaired) electrons. The average molecular weight is 206 g/mol. The molecule has 0 rings (SSSR count). The first kappa shape index (κ1) is 13.2. The summed E-state index contributed by atoms with van der Waals surface area (Å²) in [6.07, 6.45) is 6.40. The van der Waals surface area contributed by atoms with Crippen molar-refractivity contribution in [2.75, 3.05) is 6.54 Å². The number of unbranched alkanes of at least 4 members (excludes halogenated alkanes) is 3. The summed E-state index contributed by atoms with van der Waals surface area (Å²) in [5.74, 6) is 0. The van der Waals surface area contributed by atoms with Gasteiger partial charge in [-0.15, -0.1) is 11.6 Å². The molecule has 0 heterocycles. The minimum Gasteiger partial charge on any atom is -0.314 e. The van der Waals surface area contributed by atoms with Gasteiger partial charge in [0.15, 0.2) is 0 Å². The van der Waals surface area contributed by atoms with E-state index in [1.807, 2.05) is 0 Å². The fourth-order valence-corrected chi connectivity index (χ4v) is 1.74. The second kappa shape index (κ2) is 8.83. The molecule has 13 heavy (non-hydrogen) atoms. The molecule has 2 atom stereocenters. The highest BCUT2D eigenvalue weighted by Gasteiger charge is 2.04. The Bertz CT molecular complexity index is 104. The zero-order chi connectivity index (χ0) is 10.1. The summed E-state index contributed by atoms with van der Waals surface area (Å²) in [7, 11) is 0. The van der Waals surface area contributed by atoms with Crippen molar-refractivity contribution in [2.45, 2.75) is 64.3 Å². The van der Waals surface area contributed by atoms with Gasteiger partial charge in [-0.2, -0.15) is 0 Å². The maximum atomic E-state index is 5.90. The van der Waals surface area contributed by atoms with E-state index in [2.05, 4.69) is 26.1 Å². The largest absolute Gasteiger partial charge is 0.314 e. The van der Waals surface area contributed by atoms with Gasteiger partial charge < -0.3 is 5.32 Å². The molecule has 0 aromatic carbocycles. The summed E-state index contributed by atoms with van der Waals surface area (Å²) in [6, 6.07) is 0.564. The molecule has 2 unspecified atom stereocenters. The number of halogens is 1. The number of alkyl halides is 1. The van der Waals surface area contributed by atoms with Crippen molar-refractivity contribution in [1.82, 2.24) is 5.32 Å².